The van der Waals surface area contributed by atoms with Gasteiger partial charge in [-0.15, -0.1) is 5.10 Å². The third-order valence-corrected chi connectivity index (χ3v) is 5.10. The molecule has 1 amide bonds. The van der Waals surface area contributed by atoms with E-state index in [0.717, 1.165) is 4.68 Å². The van der Waals surface area contributed by atoms with E-state index >= 15 is 0 Å². The molecule has 2 aromatic carbocycles. The topological polar surface area (TPSA) is 71.8 Å². The Labute approximate surface area is 184 Å². The molecule has 160 valence electrons. The van der Waals surface area contributed by atoms with Crippen LogP contribution in [0.1, 0.15) is 24.4 Å². The molecule has 1 aliphatic heterocycles. The average Bonchev–Trinajstić information content (AvgIpc) is 3.12. The molecule has 1 atom stereocenters. The minimum absolute atomic E-state index is 0.127. The smallest absolute Gasteiger partial charge is 0.328 e. The van der Waals surface area contributed by atoms with E-state index in [1.165, 1.54) is 0 Å². The van der Waals surface area contributed by atoms with Crippen molar-refractivity contribution in [2.24, 2.45) is 0 Å². The monoisotopic (exact) mass is 467 g/mol. The fourth-order valence-electron chi connectivity index (χ4n) is 3.28. The number of alkyl halides is 3. The van der Waals surface area contributed by atoms with Crippen molar-refractivity contribution in [3.05, 3.63) is 81.2 Å². The van der Waals surface area contributed by atoms with Crippen molar-refractivity contribution in [1.82, 2.24) is 14.8 Å². The van der Waals surface area contributed by atoms with E-state index in [4.69, 9.17) is 23.2 Å². The molecule has 2 N–H and O–H groups in total. The molecule has 4 rings (SSSR count). The van der Waals surface area contributed by atoms with Gasteiger partial charge in [-0.3, -0.25) is 4.79 Å². The highest BCUT2D eigenvalue weighted by molar-refractivity contribution is 6.31. The Hall–Kier alpha value is -3.04. The number of nitrogens with one attached hydrogen (secondary N) is 2. The Morgan fingerprint density at radius 1 is 1.13 bits per heavy atom. The Morgan fingerprint density at radius 2 is 1.84 bits per heavy atom. The van der Waals surface area contributed by atoms with Crippen LogP contribution in [0.4, 0.5) is 24.8 Å². The molecule has 2 heterocycles. The minimum atomic E-state index is -4.75. The third kappa shape index (κ3) is 4.24. The predicted octanol–water partition coefficient (Wildman–Crippen LogP) is 5.53. The molecule has 0 fully saturated rings. The van der Waals surface area contributed by atoms with Gasteiger partial charge < -0.3 is 10.6 Å². The number of aromatic nitrogens is 3. The van der Waals surface area contributed by atoms with Gasteiger partial charge in [0, 0.05) is 21.4 Å². The molecule has 0 saturated heterocycles. The van der Waals surface area contributed by atoms with Crippen LogP contribution in [0.25, 0.3) is 0 Å². The summed E-state index contributed by atoms with van der Waals surface area (Å²) in [5.41, 5.74) is 1.46. The van der Waals surface area contributed by atoms with E-state index in [-0.39, 0.29) is 11.5 Å². The normalized spacial score (nSPS) is 16.0. The minimum Gasteiger partial charge on any atom is -0.328 e. The first kappa shape index (κ1) is 21.2. The van der Waals surface area contributed by atoms with Crippen LogP contribution >= 0.6 is 23.2 Å². The summed E-state index contributed by atoms with van der Waals surface area (Å²) in [7, 11) is 0. The quantitative estimate of drug-likeness (QED) is 0.530. The van der Waals surface area contributed by atoms with Gasteiger partial charge >= 0.3 is 6.18 Å². The van der Waals surface area contributed by atoms with Crippen molar-refractivity contribution in [3.63, 3.8) is 0 Å². The highest BCUT2D eigenvalue weighted by atomic mass is 35.5. The third-order valence-electron chi connectivity index (χ3n) is 4.62. The van der Waals surface area contributed by atoms with Crippen LogP contribution in [-0.2, 0) is 11.0 Å². The van der Waals surface area contributed by atoms with Crippen LogP contribution in [0.15, 0.2) is 59.8 Å². The molecule has 1 unspecified atom stereocenters. The van der Waals surface area contributed by atoms with Gasteiger partial charge in [-0.2, -0.15) is 18.2 Å². The van der Waals surface area contributed by atoms with E-state index < -0.39 is 23.9 Å². The zero-order valence-electron chi connectivity index (χ0n) is 15.8. The molecule has 0 bridgehead atoms. The molecule has 11 heteroatoms. The summed E-state index contributed by atoms with van der Waals surface area (Å²) in [5, 5.41) is 9.99. The molecule has 31 heavy (non-hydrogen) atoms. The van der Waals surface area contributed by atoms with E-state index in [0.29, 0.717) is 27.0 Å². The maximum Gasteiger partial charge on any atom is 0.453 e. The molecule has 1 aliphatic rings. The van der Waals surface area contributed by atoms with Crippen LogP contribution in [0, 0.1) is 0 Å². The van der Waals surface area contributed by atoms with E-state index in [2.05, 4.69) is 20.7 Å². The maximum atomic E-state index is 13.3. The zero-order valence-corrected chi connectivity index (χ0v) is 17.3. The van der Waals surface area contributed by atoms with Crippen molar-refractivity contribution in [3.8, 4) is 0 Å². The highest BCUT2D eigenvalue weighted by Gasteiger charge is 2.41. The van der Waals surface area contributed by atoms with E-state index in [9.17, 15) is 18.0 Å². The zero-order chi connectivity index (χ0) is 22.3. The summed E-state index contributed by atoms with van der Waals surface area (Å²) in [6, 6.07) is 12.0. The molecule has 0 radical (unpaired) electrons. The fourth-order valence-corrected chi connectivity index (χ4v) is 3.61. The first-order valence-electron chi connectivity index (χ1n) is 8.97. The molecule has 0 spiro atoms. The number of fused-ring (bicyclic) bond motifs is 1. The van der Waals surface area contributed by atoms with Gasteiger partial charge in [0.05, 0.1) is 5.57 Å². The molecular formula is C20H14Cl2F3N5O. The summed E-state index contributed by atoms with van der Waals surface area (Å²) >= 11 is 12.0. The van der Waals surface area contributed by atoms with Crippen molar-refractivity contribution in [2.75, 3.05) is 10.6 Å². The lowest BCUT2D eigenvalue weighted by Crippen LogP contribution is -2.31. The second-order valence-corrected chi connectivity index (χ2v) is 7.66. The SMILES string of the molecule is CC1=C(C(=O)Nc2ccc(Cl)cc2)C(c2cccc(Cl)c2)n2nc(C(F)(F)F)nc2N1. The van der Waals surface area contributed by atoms with E-state index in [1.54, 1.807) is 55.5 Å². The van der Waals surface area contributed by atoms with Gasteiger partial charge in [-0.05, 0) is 48.9 Å². The number of amides is 1. The maximum absolute atomic E-state index is 13.3. The van der Waals surface area contributed by atoms with Gasteiger partial charge in [-0.1, -0.05) is 35.3 Å². The second kappa shape index (κ2) is 7.90. The summed E-state index contributed by atoms with van der Waals surface area (Å²) in [6.07, 6.45) is -4.75. The number of hydrogen-bond donors (Lipinski definition) is 2. The number of carbonyl (C=O) groups is 1. The first-order valence-corrected chi connectivity index (χ1v) is 9.73. The lowest BCUT2D eigenvalue weighted by molar-refractivity contribution is -0.145. The Morgan fingerprint density at radius 3 is 2.48 bits per heavy atom. The van der Waals surface area contributed by atoms with Gasteiger partial charge in [0.25, 0.3) is 11.7 Å². The summed E-state index contributed by atoms with van der Waals surface area (Å²) in [6.45, 7) is 1.58. The summed E-state index contributed by atoms with van der Waals surface area (Å²) in [4.78, 5) is 16.7. The number of rotatable bonds is 3. The van der Waals surface area contributed by atoms with Crippen LogP contribution < -0.4 is 10.6 Å². The molecule has 1 aromatic heterocycles. The van der Waals surface area contributed by atoms with Crippen LogP contribution in [0.3, 0.4) is 0 Å². The Balaban J connectivity index is 1.81. The van der Waals surface area contributed by atoms with Gasteiger partial charge in [0.15, 0.2) is 0 Å². The van der Waals surface area contributed by atoms with E-state index in [1.807, 2.05) is 0 Å². The van der Waals surface area contributed by atoms with Gasteiger partial charge in [-0.25, -0.2) is 4.68 Å². The summed E-state index contributed by atoms with van der Waals surface area (Å²) in [5.74, 6) is -1.96. The van der Waals surface area contributed by atoms with Gasteiger partial charge in [0.1, 0.15) is 6.04 Å². The molecule has 0 saturated carbocycles. The standard InChI is InChI=1S/C20H14Cl2F3N5O/c1-10-15(17(31)27-14-7-5-12(21)6-8-14)16(11-3-2-4-13(22)9-11)30-19(26-10)28-18(29-30)20(23,24)25/h2-9,16H,1H3,(H,27,31)(H,26,28,29). The largest absolute Gasteiger partial charge is 0.453 e. The predicted molar refractivity (Wildman–Crippen MR) is 111 cm³/mol. The highest BCUT2D eigenvalue weighted by Crippen LogP contribution is 2.38. The van der Waals surface area contributed by atoms with Crippen LogP contribution in [0.5, 0.6) is 0 Å². The lowest BCUT2D eigenvalue weighted by atomic mass is 9.95. The Bertz CT molecular complexity index is 1190. The number of allylic oxidation sites excluding steroid dienone is 1. The van der Waals surface area contributed by atoms with Crippen molar-refractivity contribution >= 4 is 40.7 Å². The number of hydrogen-bond acceptors (Lipinski definition) is 4. The van der Waals surface area contributed by atoms with Crippen molar-refractivity contribution in [2.45, 2.75) is 19.1 Å². The first-order chi connectivity index (χ1) is 14.6. The molecule has 6 nitrogen and oxygen atoms in total. The number of nitrogens with zero attached hydrogens (tertiary/aromatic N) is 3. The number of benzene rings is 2. The Kier molecular flexibility index (Phi) is 5.40. The van der Waals surface area contributed by atoms with Crippen molar-refractivity contribution in [1.29, 1.82) is 0 Å². The molecule has 0 aliphatic carbocycles. The fraction of sp³-hybridized carbons (Fsp3) is 0.150. The van der Waals surface area contributed by atoms with Crippen LogP contribution in [-0.4, -0.2) is 20.7 Å². The molecular weight excluding hydrogens is 454 g/mol. The number of anilines is 2. The lowest BCUT2D eigenvalue weighted by Gasteiger charge is -2.28. The van der Waals surface area contributed by atoms with Crippen LogP contribution in [0.2, 0.25) is 10.0 Å². The second-order valence-electron chi connectivity index (χ2n) is 6.78. The number of carbonyl (C=O) groups excluding carboxylic acids is 1. The molecule has 3 aromatic rings. The number of halogens is 5. The summed E-state index contributed by atoms with van der Waals surface area (Å²) < 4.78 is 40.8. The van der Waals surface area contributed by atoms with Gasteiger partial charge in [0.2, 0.25) is 5.95 Å². The van der Waals surface area contributed by atoms with Crippen molar-refractivity contribution < 1.29 is 18.0 Å². The average molecular weight is 468 g/mol.